The molecule has 8 nitrogen and oxygen atoms in total. The number of aromatic nitrogens is 1. The van der Waals surface area contributed by atoms with Crippen molar-refractivity contribution >= 4 is 21.7 Å². The summed E-state index contributed by atoms with van der Waals surface area (Å²) >= 11 is 0. The fraction of sp³-hybridized carbons (Fsp3) is 0.700. The number of hydrogen-bond donors (Lipinski definition) is 0. The van der Waals surface area contributed by atoms with Crippen LogP contribution in [0.5, 0.6) is 0 Å². The molecule has 1 saturated carbocycles. The summed E-state index contributed by atoms with van der Waals surface area (Å²) in [5.74, 6) is 1.30. The molecule has 0 unspecified atom stereocenters. The Balaban J connectivity index is 1.35. The van der Waals surface area contributed by atoms with E-state index in [1.807, 2.05) is 11.9 Å². The lowest BCUT2D eigenvalue weighted by Gasteiger charge is -2.36. The van der Waals surface area contributed by atoms with E-state index in [0.717, 1.165) is 44.8 Å². The topological polar surface area (TPSA) is 77.1 Å². The van der Waals surface area contributed by atoms with Gasteiger partial charge in [0.1, 0.15) is 10.7 Å². The summed E-state index contributed by atoms with van der Waals surface area (Å²) in [6.07, 6.45) is 5.88. The average molecular weight is 422 g/mol. The number of pyridine rings is 1. The summed E-state index contributed by atoms with van der Waals surface area (Å²) in [4.78, 5) is 23.5. The fourth-order valence-electron chi connectivity index (χ4n) is 4.48. The van der Waals surface area contributed by atoms with E-state index in [2.05, 4.69) is 14.8 Å². The zero-order valence-corrected chi connectivity index (χ0v) is 18.0. The molecule has 1 amide bonds. The van der Waals surface area contributed by atoms with Crippen LogP contribution in [0.4, 0.5) is 5.82 Å². The van der Waals surface area contributed by atoms with Gasteiger partial charge in [0.05, 0.1) is 0 Å². The van der Waals surface area contributed by atoms with Gasteiger partial charge in [-0.25, -0.2) is 13.4 Å². The van der Waals surface area contributed by atoms with Crippen molar-refractivity contribution in [2.45, 2.75) is 30.6 Å². The van der Waals surface area contributed by atoms with E-state index in [0.29, 0.717) is 32.1 Å². The molecular weight excluding hydrogens is 390 g/mol. The molecular formula is C20H31N5O3S. The minimum absolute atomic E-state index is 0.221. The third-order valence-electron chi connectivity index (χ3n) is 6.44. The number of carbonyl (C=O) groups excluding carboxylic acids is 1. The lowest BCUT2D eigenvalue weighted by molar-refractivity contribution is -0.135. The Morgan fingerprint density at radius 3 is 2.21 bits per heavy atom. The van der Waals surface area contributed by atoms with Gasteiger partial charge in [-0.1, -0.05) is 12.8 Å². The highest BCUT2D eigenvalue weighted by Gasteiger charge is 2.30. The van der Waals surface area contributed by atoms with Crippen molar-refractivity contribution in [2.24, 2.45) is 5.92 Å². The number of rotatable bonds is 4. The molecule has 1 aliphatic carbocycles. The number of amides is 1. The van der Waals surface area contributed by atoms with Crippen LogP contribution < -0.4 is 4.90 Å². The molecule has 29 heavy (non-hydrogen) atoms. The zero-order chi connectivity index (χ0) is 20.4. The molecule has 1 aromatic heterocycles. The molecule has 9 heteroatoms. The van der Waals surface area contributed by atoms with Gasteiger partial charge in [-0.05, 0) is 32.0 Å². The molecule has 0 bridgehead atoms. The molecule has 0 aromatic carbocycles. The molecule has 3 heterocycles. The first kappa shape index (κ1) is 20.6. The summed E-state index contributed by atoms with van der Waals surface area (Å²) in [6, 6.07) is 3.45. The Bertz CT molecular complexity index is 807. The molecule has 0 radical (unpaired) electrons. The van der Waals surface area contributed by atoms with E-state index in [1.54, 1.807) is 12.1 Å². The summed E-state index contributed by atoms with van der Waals surface area (Å²) < 4.78 is 27.2. The highest BCUT2D eigenvalue weighted by atomic mass is 32.2. The van der Waals surface area contributed by atoms with Gasteiger partial charge in [0, 0.05) is 64.5 Å². The van der Waals surface area contributed by atoms with Crippen LogP contribution in [-0.2, 0) is 14.8 Å². The monoisotopic (exact) mass is 421 g/mol. The number of hydrogen-bond acceptors (Lipinski definition) is 6. The normalized spacial score (nSPS) is 22.9. The smallest absolute Gasteiger partial charge is 0.244 e. The van der Waals surface area contributed by atoms with Crippen molar-refractivity contribution in [3.05, 3.63) is 18.3 Å². The summed E-state index contributed by atoms with van der Waals surface area (Å²) in [5, 5.41) is 0. The first-order valence-corrected chi connectivity index (χ1v) is 12.1. The second-order valence-electron chi connectivity index (χ2n) is 8.35. The van der Waals surface area contributed by atoms with Crippen molar-refractivity contribution in [3.8, 4) is 0 Å². The van der Waals surface area contributed by atoms with Gasteiger partial charge in [-0.2, -0.15) is 4.31 Å². The van der Waals surface area contributed by atoms with Gasteiger partial charge >= 0.3 is 0 Å². The lowest BCUT2D eigenvalue weighted by Crippen LogP contribution is -2.50. The maximum absolute atomic E-state index is 12.8. The number of carbonyl (C=O) groups is 1. The van der Waals surface area contributed by atoms with Crippen molar-refractivity contribution in [3.63, 3.8) is 0 Å². The first-order valence-electron chi connectivity index (χ1n) is 10.6. The van der Waals surface area contributed by atoms with Crippen LogP contribution in [0.15, 0.2) is 23.2 Å². The van der Waals surface area contributed by atoms with Gasteiger partial charge in [-0.15, -0.1) is 0 Å². The van der Waals surface area contributed by atoms with Gasteiger partial charge in [-0.3, -0.25) is 4.79 Å². The Labute approximate surface area is 173 Å². The third kappa shape index (κ3) is 4.41. The SMILES string of the molecule is CN1CCN(S(=O)(=O)c2ccc(N3CCN(C(=O)C4CCCC4)CC3)nc2)CC1. The van der Waals surface area contributed by atoms with Crippen LogP contribution in [-0.4, -0.2) is 92.8 Å². The molecule has 1 aromatic rings. The second kappa shape index (κ2) is 8.57. The van der Waals surface area contributed by atoms with Gasteiger partial charge < -0.3 is 14.7 Å². The van der Waals surface area contributed by atoms with Crippen LogP contribution in [0, 0.1) is 5.92 Å². The van der Waals surface area contributed by atoms with Crippen LogP contribution in [0.1, 0.15) is 25.7 Å². The third-order valence-corrected chi connectivity index (χ3v) is 8.32. The van der Waals surface area contributed by atoms with E-state index < -0.39 is 10.0 Å². The molecule has 2 saturated heterocycles. The van der Waals surface area contributed by atoms with Crippen molar-refractivity contribution in [1.29, 1.82) is 0 Å². The molecule has 4 rings (SSSR count). The Kier molecular flexibility index (Phi) is 6.08. The zero-order valence-electron chi connectivity index (χ0n) is 17.2. The van der Waals surface area contributed by atoms with Crippen molar-refractivity contribution in [1.82, 2.24) is 19.1 Å². The van der Waals surface area contributed by atoms with Gasteiger partial charge in [0.2, 0.25) is 15.9 Å². The molecule has 160 valence electrons. The molecule has 3 fully saturated rings. The molecule has 0 spiro atoms. The number of nitrogens with zero attached hydrogens (tertiary/aromatic N) is 5. The first-order chi connectivity index (χ1) is 13.9. The summed E-state index contributed by atoms with van der Waals surface area (Å²) in [5.41, 5.74) is 0. The largest absolute Gasteiger partial charge is 0.353 e. The van der Waals surface area contributed by atoms with E-state index in [9.17, 15) is 13.2 Å². The Morgan fingerprint density at radius 2 is 1.62 bits per heavy atom. The summed E-state index contributed by atoms with van der Waals surface area (Å²) in [7, 11) is -1.49. The fourth-order valence-corrected chi connectivity index (χ4v) is 5.84. The van der Waals surface area contributed by atoms with Crippen LogP contribution in [0.2, 0.25) is 0 Å². The Morgan fingerprint density at radius 1 is 0.966 bits per heavy atom. The average Bonchev–Trinajstić information content (AvgIpc) is 3.29. The minimum atomic E-state index is -3.49. The lowest BCUT2D eigenvalue weighted by atomic mass is 10.1. The van der Waals surface area contributed by atoms with E-state index in [4.69, 9.17) is 0 Å². The van der Waals surface area contributed by atoms with Crippen LogP contribution in [0.3, 0.4) is 0 Å². The molecule has 2 aliphatic heterocycles. The van der Waals surface area contributed by atoms with E-state index >= 15 is 0 Å². The molecule has 3 aliphatic rings. The van der Waals surface area contributed by atoms with Crippen molar-refractivity contribution in [2.75, 3.05) is 64.3 Å². The number of sulfonamides is 1. The highest BCUT2D eigenvalue weighted by Crippen LogP contribution is 2.27. The standard InChI is InChI=1S/C20H31N5O3S/c1-22-8-14-25(15-9-22)29(27,28)18-6-7-19(21-16-18)23-10-12-24(13-11-23)20(26)17-4-2-3-5-17/h6-7,16-17H,2-5,8-15H2,1H3. The van der Waals surface area contributed by atoms with Crippen LogP contribution >= 0.6 is 0 Å². The number of piperazine rings is 2. The number of anilines is 1. The maximum atomic E-state index is 12.8. The quantitative estimate of drug-likeness (QED) is 0.718. The number of likely N-dealkylation sites (N-methyl/N-ethyl adjacent to an activating group) is 1. The predicted molar refractivity (Wildman–Crippen MR) is 111 cm³/mol. The van der Waals surface area contributed by atoms with E-state index in [-0.39, 0.29) is 10.8 Å². The van der Waals surface area contributed by atoms with Gasteiger partial charge in [0.25, 0.3) is 0 Å². The summed E-state index contributed by atoms with van der Waals surface area (Å²) in [6.45, 7) is 5.39. The second-order valence-corrected chi connectivity index (χ2v) is 10.3. The predicted octanol–water partition coefficient (Wildman–Crippen LogP) is 0.857. The van der Waals surface area contributed by atoms with E-state index in [1.165, 1.54) is 23.3 Å². The maximum Gasteiger partial charge on any atom is 0.244 e. The molecule has 0 N–H and O–H groups in total. The minimum Gasteiger partial charge on any atom is -0.353 e. The van der Waals surface area contributed by atoms with Gasteiger partial charge in [0.15, 0.2) is 0 Å². The highest BCUT2D eigenvalue weighted by molar-refractivity contribution is 7.89. The molecule has 0 atom stereocenters. The van der Waals surface area contributed by atoms with Crippen molar-refractivity contribution < 1.29 is 13.2 Å². The Hall–Kier alpha value is -1.71. The van der Waals surface area contributed by atoms with Crippen LogP contribution in [0.25, 0.3) is 0 Å².